The van der Waals surface area contributed by atoms with E-state index in [0.29, 0.717) is 34.7 Å². The minimum Gasteiger partial charge on any atom is -0.439 e. The summed E-state index contributed by atoms with van der Waals surface area (Å²) >= 11 is 5.88. The molecule has 5 nitrogen and oxygen atoms in total. The second-order valence-corrected chi connectivity index (χ2v) is 4.00. The first-order valence-electron chi connectivity index (χ1n) is 5.49. The van der Waals surface area contributed by atoms with Gasteiger partial charge in [0.15, 0.2) is 0 Å². The molecule has 6 heteroatoms. The second kappa shape index (κ2) is 5.66. The van der Waals surface area contributed by atoms with Crippen molar-refractivity contribution >= 4 is 17.4 Å². The van der Waals surface area contributed by atoms with Gasteiger partial charge in [0.05, 0.1) is 0 Å². The average molecular weight is 265 g/mol. The zero-order chi connectivity index (χ0) is 13.0. The molecule has 0 bridgehead atoms. The van der Waals surface area contributed by atoms with E-state index in [2.05, 4.69) is 15.4 Å². The maximum absolute atomic E-state index is 5.88. The Kier molecular flexibility index (Phi) is 3.96. The first-order chi connectivity index (χ1) is 8.71. The fourth-order valence-electron chi connectivity index (χ4n) is 1.41. The van der Waals surface area contributed by atoms with Crippen LogP contribution in [-0.4, -0.2) is 9.97 Å². The van der Waals surface area contributed by atoms with E-state index in [1.807, 2.05) is 13.0 Å². The van der Waals surface area contributed by atoms with Crippen molar-refractivity contribution in [1.29, 1.82) is 0 Å². The molecule has 2 aromatic rings. The van der Waals surface area contributed by atoms with Crippen molar-refractivity contribution in [2.75, 3.05) is 5.43 Å². The van der Waals surface area contributed by atoms with Gasteiger partial charge in [-0.1, -0.05) is 24.6 Å². The standard InChI is InChI=1S/C12H13ClN4O/c1-2-10-15-11(17-14)7-12(16-10)18-9-5-3-4-8(13)6-9/h3-7H,2,14H2,1H3,(H,15,16,17). The van der Waals surface area contributed by atoms with Gasteiger partial charge in [-0.05, 0) is 18.2 Å². The largest absolute Gasteiger partial charge is 0.439 e. The number of nitrogens with one attached hydrogen (secondary N) is 1. The van der Waals surface area contributed by atoms with Crippen LogP contribution in [0.2, 0.25) is 5.02 Å². The SMILES string of the molecule is CCc1nc(NN)cc(Oc2cccc(Cl)c2)n1. The molecule has 0 aliphatic rings. The number of ether oxygens (including phenoxy) is 1. The number of rotatable bonds is 4. The van der Waals surface area contributed by atoms with Crippen LogP contribution < -0.4 is 16.0 Å². The second-order valence-electron chi connectivity index (χ2n) is 3.56. The Morgan fingerprint density at radius 1 is 1.33 bits per heavy atom. The highest BCUT2D eigenvalue weighted by molar-refractivity contribution is 6.30. The third-order valence-corrected chi connectivity index (χ3v) is 2.47. The maximum atomic E-state index is 5.88. The van der Waals surface area contributed by atoms with Crippen LogP contribution >= 0.6 is 11.6 Å². The van der Waals surface area contributed by atoms with Crippen molar-refractivity contribution < 1.29 is 4.74 Å². The molecule has 0 aliphatic carbocycles. The molecule has 0 aliphatic heterocycles. The molecule has 18 heavy (non-hydrogen) atoms. The molecule has 0 amide bonds. The topological polar surface area (TPSA) is 73.1 Å². The van der Waals surface area contributed by atoms with Crippen LogP contribution in [0.3, 0.4) is 0 Å². The number of hydrogen-bond donors (Lipinski definition) is 2. The summed E-state index contributed by atoms with van der Waals surface area (Å²) in [6, 6.07) is 8.72. The summed E-state index contributed by atoms with van der Waals surface area (Å²) < 4.78 is 5.61. The van der Waals surface area contributed by atoms with Crippen LogP contribution in [0.4, 0.5) is 5.82 Å². The Labute approximate surface area is 110 Å². The molecule has 1 heterocycles. The highest BCUT2D eigenvalue weighted by atomic mass is 35.5. The minimum atomic E-state index is 0.428. The Hall–Kier alpha value is -1.85. The quantitative estimate of drug-likeness (QED) is 0.656. The van der Waals surface area contributed by atoms with Gasteiger partial charge in [-0.2, -0.15) is 4.98 Å². The summed E-state index contributed by atoms with van der Waals surface area (Å²) in [7, 11) is 0. The van der Waals surface area contributed by atoms with Crippen molar-refractivity contribution in [2.45, 2.75) is 13.3 Å². The third kappa shape index (κ3) is 3.09. The predicted octanol–water partition coefficient (Wildman–Crippen LogP) is 2.77. The molecule has 0 saturated heterocycles. The molecule has 0 radical (unpaired) electrons. The molecule has 94 valence electrons. The number of nitrogens with two attached hydrogens (primary N) is 1. The molecule has 0 atom stereocenters. The van der Waals surface area contributed by atoms with Gasteiger partial charge in [-0.15, -0.1) is 0 Å². The van der Waals surface area contributed by atoms with E-state index in [9.17, 15) is 0 Å². The lowest BCUT2D eigenvalue weighted by molar-refractivity contribution is 0.459. The van der Waals surface area contributed by atoms with Gasteiger partial charge in [-0.3, -0.25) is 0 Å². The molecule has 3 N–H and O–H groups in total. The Bertz CT molecular complexity index is 525. The Balaban J connectivity index is 2.28. The zero-order valence-electron chi connectivity index (χ0n) is 9.85. The van der Waals surface area contributed by atoms with Crippen molar-refractivity contribution in [2.24, 2.45) is 5.84 Å². The Morgan fingerprint density at radius 2 is 2.17 bits per heavy atom. The Morgan fingerprint density at radius 3 is 2.83 bits per heavy atom. The van der Waals surface area contributed by atoms with Crippen LogP contribution in [0.25, 0.3) is 0 Å². The van der Waals surface area contributed by atoms with Crippen LogP contribution in [0.5, 0.6) is 11.6 Å². The monoisotopic (exact) mass is 264 g/mol. The van der Waals surface area contributed by atoms with E-state index < -0.39 is 0 Å². The molecule has 0 unspecified atom stereocenters. The number of halogens is 1. The molecule has 0 fully saturated rings. The molecular weight excluding hydrogens is 252 g/mol. The maximum Gasteiger partial charge on any atom is 0.224 e. The normalized spacial score (nSPS) is 10.2. The number of nitrogen functional groups attached to an aromatic ring is 1. The molecule has 1 aromatic carbocycles. The molecular formula is C12H13ClN4O. The van der Waals surface area contributed by atoms with E-state index in [-0.39, 0.29) is 0 Å². The fraction of sp³-hybridized carbons (Fsp3) is 0.167. The first kappa shape index (κ1) is 12.6. The number of nitrogens with zero attached hydrogens (tertiary/aromatic N) is 2. The van der Waals surface area contributed by atoms with Crippen LogP contribution in [0, 0.1) is 0 Å². The lowest BCUT2D eigenvalue weighted by Gasteiger charge is -2.08. The van der Waals surface area contributed by atoms with Crippen molar-refractivity contribution in [3.8, 4) is 11.6 Å². The smallest absolute Gasteiger partial charge is 0.224 e. The summed E-state index contributed by atoms with van der Waals surface area (Å²) in [6.45, 7) is 1.96. The average Bonchev–Trinajstić information content (AvgIpc) is 2.38. The highest BCUT2D eigenvalue weighted by Crippen LogP contribution is 2.24. The summed E-state index contributed by atoms with van der Waals surface area (Å²) in [6.07, 6.45) is 0.696. The number of benzene rings is 1. The summed E-state index contributed by atoms with van der Waals surface area (Å²) in [5, 5.41) is 0.606. The van der Waals surface area contributed by atoms with Crippen molar-refractivity contribution in [3.05, 3.63) is 41.2 Å². The lowest BCUT2D eigenvalue weighted by atomic mass is 10.3. The van der Waals surface area contributed by atoms with Gasteiger partial charge in [0.1, 0.15) is 17.4 Å². The summed E-state index contributed by atoms with van der Waals surface area (Å²) in [5.41, 5.74) is 2.48. The number of hydrazine groups is 1. The number of aryl methyl sites for hydroxylation is 1. The fourth-order valence-corrected chi connectivity index (χ4v) is 1.59. The van der Waals surface area contributed by atoms with E-state index in [0.717, 1.165) is 0 Å². The summed E-state index contributed by atoms with van der Waals surface area (Å²) in [5.74, 6) is 7.56. The molecule has 2 rings (SSSR count). The number of aromatic nitrogens is 2. The zero-order valence-corrected chi connectivity index (χ0v) is 10.6. The molecule has 0 spiro atoms. The van der Waals surface area contributed by atoms with Gasteiger partial charge in [-0.25, -0.2) is 10.8 Å². The first-order valence-corrected chi connectivity index (χ1v) is 5.87. The molecule has 1 aromatic heterocycles. The van der Waals surface area contributed by atoms with Crippen LogP contribution in [0.15, 0.2) is 30.3 Å². The van der Waals surface area contributed by atoms with Crippen LogP contribution in [0.1, 0.15) is 12.7 Å². The summed E-state index contributed by atoms with van der Waals surface area (Å²) in [4.78, 5) is 8.43. The number of anilines is 1. The van der Waals surface area contributed by atoms with Gasteiger partial charge in [0, 0.05) is 17.5 Å². The van der Waals surface area contributed by atoms with Gasteiger partial charge in [0.2, 0.25) is 5.88 Å². The van der Waals surface area contributed by atoms with Crippen LogP contribution in [-0.2, 0) is 6.42 Å². The van der Waals surface area contributed by atoms with Gasteiger partial charge in [0.25, 0.3) is 0 Å². The van der Waals surface area contributed by atoms with E-state index in [1.54, 1.807) is 24.3 Å². The van der Waals surface area contributed by atoms with Gasteiger partial charge >= 0.3 is 0 Å². The van der Waals surface area contributed by atoms with E-state index in [1.165, 1.54) is 0 Å². The number of hydrogen-bond acceptors (Lipinski definition) is 5. The highest BCUT2D eigenvalue weighted by Gasteiger charge is 2.05. The lowest BCUT2D eigenvalue weighted by Crippen LogP contribution is -2.10. The minimum absolute atomic E-state index is 0.428. The van der Waals surface area contributed by atoms with Crippen molar-refractivity contribution in [1.82, 2.24) is 9.97 Å². The van der Waals surface area contributed by atoms with Gasteiger partial charge < -0.3 is 10.2 Å². The molecule has 0 saturated carbocycles. The van der Waals surface area contributed by atoms with E-state index >= 15 is 0 Å². The third-order valence-electron chi connectivity index (χ3n) is 2.23. The van der Waals surface area contributed by atoms with Crippen molar-refractivity contribution in [3.63, 3.8) is 0 Å². The van der Waals surface area contributed by atoms with E-state index in [4.69, 9.17) is 22.2 Å². The predicted molar refractivity (Wildman–Crippen MR) is 70.7 cm³/mol.